The SMILES string of the molecule is COc1ccc(S[C@@H](CC(=O)c2ccccc2)c2ccc(Cl)cc2)cc1OC. The number of ether oxygens (including phenoxy) is 2. The molecule has 0 aromatic heterocycles. The van der Waals surface area contributed by atoms with Gasteiger partial charge in [-0.05, 0) is 35.9 Å². The predicted octanol–water partition coefficient (Wildman–Crippen LogP) is 6.46. The molecular formula is C23H21ClO3S. The molecule has 0 heterocycles. The van der Waals surface area contributed by atoms with E-state index in [2.05, 4.69) is 0 Å². The lowest BCUT2D eigenvalue weighted by Gasteiger charge is -2.18. The quantitative estimate of drug-likeness (QED) is 0.314. The zero-order valence-electron chi connectivity index (χ0n) is 15.7. The van der Waals surface area contributed by atoms with Gasteiger partial charge in [0, 0.05) is 27.2 Å². The maximum absolute atomic E-state index is 12.8. The molecule has 3 aromatic carbocycles. The van der Waals surface area contributed by atoms with Gasteiger partial charge in [-0.1, -0.05) is 54.1 Å². The number of carbonyl (C=O) groups is 1. The highest BCUT2D eigenvalue weighted by molar-refractivity contribution is 7.99. The average molecular weight is 413 g/mol. The van der Waals surface area contributed by atoms with Crippen LogP contribution >= 0.6 is 23.4 Å². The van der Waals surface area contributed by atoms with Crippen molar-refractivity contribution >= 4 is 29.1 Å². The zero-order valence-corrected chi connectivity index (χ0v) is 17.3. The molecule has 0 saturated carbocycles. The Morgan fingerprint density at radius 1 is 0.929 bits per heavy atom. The fourth-order valence-electron chi connectivity index (χ4n) is 2.87. The largest absolute Gasteiger partial charge is 0.493 e. The van der Waals surface area contributed by atoms with Gasteiger partial charge in [-0.15, -0.1) is 11.8 Å². The molecule has 0 unspecified atom stereocenters. The van der Waals surface area contributed by atoms with Crippen LogP contribution in [-0.4, -0.2) is 20.0 Å². The van der Waals surface area contributed by atoms with Crippen molar-refractivity contribution in [1.82, 2.24) is 0 Å². The molecule has 144 valence electrons. The summed E-state index contributed by atoms with van der Waals surface area (Å²) in [4.78, 5) is 13.8. The van der Waals surface area contributed by atoms with Gasteiger partial charge in [-0.25, -0.2) is 0 Å². The van der Waals surface area contributed by atoms with Crippen LogP contribution in [0.4, 0.5) is 0 Å². The molecule has 3 rings (SSSR count). The van der Waals surface area contributed by atoms with E-state index in [4.69, 9.17) is 21.1 Å². The van der Waals surface area contributed by atoms with Crippen LogP contribution in [0.2, 0.25) is 5.02 Å². The number of methoxy groups -OCH3 is 2. The monoisotopic (exact) mass is 412 g/mol. The predicted molar refractivity (Wildman–Crippen MR) is 115 cm³/mol. The molecule has 0 aliphatic carbocycles. The molecule has 28 heavy (non-hydrogen) atoms. The summed E-state index contributed by atoms with van der Waals surface area (Å²) in [5.74, 6) is 1.44. The van der Waals surface area contributed by atoms with Crippen LogP contribution in [0.5, 0.6) is 11.5 Å². The minimum Gasteiger partial charge on any atom is -0.493 e. The maximum Gasteiger partial charge on any atom is 0.164 e. The first-order valence-electron chi connectivity index (χ1n) is 8.83. The van der Waals surface area contributed by atoms with Crippen molar-refractivity contribution in [2.75, 3.05) is 14.2 Å². The zero-order chi connectivity index (χ0) is 19.9. The number of hydrogen-bond acceptors (Lipinski definition) is 4. The smallest absolute Gasteiger partial charge is 0.164 e. The Kier molecular flexibility index (Phi) is 7.01. The Bertz CT molecular complexity index is 926. The van der Waals surface area contributed by atoms with E-state index in [0.717, 1.165) is 16.0 Å². The second kappa shape index (κ2) is 9.67. The van der Waals surface area contributed by atoms with E-state index in [1.54, 1.807) is 26.0 Å². The van der Waals surface area contributed by atoms with Crippen LogP contribution in [-0.2, 0) is 0 Å². The lowest BCUT2D eigenvalue weighted by Crippen LogP contribution is -2.05. The summed E-state index contributed by atoms with van der Waals surface area (Å²) in [6, 6.07) is 22.8. The van der Waals surface area contributed by atoms with Gasteiger partial charge >= 0.3 is 0 Å². The van der Waals surface area contributed by atoms with Crippen LogP contribution in [0.15, 0.2) is 77.7 Å². The molecular weight excluding hydrogens is 392 g/mol. The summed E-state index contributed by atoms with van der Waals surface area (Å²) in [5.41, 5.74) is 1.77. The fourth-order valence-corrected chi connectivity index (χ4v) is 4.17. The van der Waals surface area contributed by atoms with E-state index >= 15 is 0 Å². The molecule has 0 amide bonds. The highest BCUT2D eigenvalue weighted by Crippen LogP contribution is 2.41. The normalized spacial score (nSPS) is 11.7. The van der Waals surface area contributed by atoms with E-state index < -0.39 is 0 Å². The van der Waals surface area contributed by atoms with E-state index in [9.17, 15) is 4.79 Å². The van der Waals surface area contributed by atoms with E-state index in [-0.39, 0.29) is 11.0 Å². The molecule has 0 saturated heterocycles. The Balaban J connectivity index is 1.88. The maximum atomic E-state index is 12.8. The Labute approximate surface area is 174 Å². The van der Waals surface area contributed by atoms with Crippen molar-refractivity contribution in [3.05, 3.63) is 88.9 Å². The number of carbonyl (C=O) groups excluding carboxylic acids is 1. The van der Waals surface area contributed by atoms with Crippen LogP contribution in [0.3, 0.4) is 0 Å². The number of benzene rings is 3. The second-order valence-corrected chi connectivity index (χ2v) is 7.88. The van der Waals surface area contributed by atoms with Crippen molar-refractivity contribution < 1.29 is 14.3 Å². The average Bonchev–Trinajstić information content (AvgIpc) is 2.74. The Morgan fingerprint density at radius 2 is 1.61 bits per heavy atom. The van der Waals surface area contributed by atoms with Crippen molar-refractivity contribution in [3.8, 4) is 11.5 Å². The number of rotatable bonds is 8. The van der Waals surface area contributed by atoms with Gasteiger partial charge in [0.1, 0.15) is 0 Å². The van der Waals surface area contributed by atoms with Crippen LogP contribution < -0.4 is 9.47 Å². The fraction of sp³-hybridized carbons (Fsp3) is 0.174. The van der Waals surface area contributed by atoms with E-state index in [1.165, 1.54) is 0 Å². The van der Waals surface area contributed by atoms with Crippen LogP contribution in [0, 0.1) is 0 Å². The summed E-state index contributed by atoms with van der Waals surface area (Å²) in [5, 5.41) is 0.621. The molecule has 0 N–H and O–H groups in total. The Morgan fingerprint density at radius 3 is 2.25 bits per heavy atom. The van der Waals surface area contributed by atoms with Crippen LogP contribution in [0.1, 0.15) is 27.6 Å². The molecule has 0 aliphatic heterocycles. The van der Waals surface area contributed by atoms with Crippen molar-refractivity contribution in [2.45, 2.75) is 16.6 Å². The van der Waals surface area contributed by atoms with Gasteiger partial charge in [0.2, 0.25) is 0 Å². The van der Waals surface area contributed by atoms with E-state index in [0.29, 0.717) is 22.9 Å². The molecule has 3 aromatic rings. The molecule has 3 nitrogen and oxygen atoms in total. The molecule has 5 heteroatoms. The summed E-state index contributed by atoms with van der Waals surface area (Å²) in [6.07, 6.45) is 0.380. The molecule has 1 atom stereocenters. The number of thioether (sulfide) groups is 1. The lowest BCUT2D eigenvalue weighted by molar-refractivity contribution is 0.0982. The van der Waals surface area contributed by atoms with Gasteiger partial charge in [0.05, 0.1) is 14.2 Å². The van der Waals surface area contributed by atoms with Gasteiger partial charge in [0.15, 0.2) is 17.3 Å². The number of hydrogen-bond donors (Lipinski definition) is 0. The topological polar surface area (TPSA) is 35.5 Å². The van der Waals surface area contributed by atoms with Gasteiger partial charge in [-0.3, -0.25) is 4.79 Å². The van der Waals surface area contributed by atoms with Crippen molar-refractivity contribution in [2.24, 2.45) is 0 Å². The third kappa shape index (κ3) is 5.09. The van der Waals surface area contributed by atoms with Crippen molar-refractivity contribution in [3.63, 3.8) is 0 Å². The summed E-state index contributed by atoms with van der Waals surface area (Å²) < 4.78 is 10.7. The van der Waals surface area contributed by atoms with Crippen LogP contribution in [0.25, 0.3) is 0 Å². The van der Waals surface area contributed by atoms with Gasteiger partial charge < -0.3 is 9.47 Å². The number of Topliss-reactive ketones (excluding diaryl/α,β-unsaturated/α-hetero) is 1. The highest BCUT2D eigenvalue weighted by Gasteiger charge is 2.19. The van der Waals surface area contributed by atoms with Gasteiger partial charge in [-0.2, -0.15) is 0 Å². The molecule has 0 bridgehead atoms. The first-order chi connectivity index (χ1) is 13.6. The van der Waals surface area contributed by atoms with E-state index in [1.807, 2.05) is 72.8 Å². The molecule has 0 spiro atoms. The van der Waals surface area contributed by atoms with Gasteiger partial charge in [0.25, 0.3) is 0 Å². The lowest BCUT2D eigenvalue weighted by atomic mass is 10.0. The highest BCUT2D eigenvalue weighted by atomic mass is 35.5. The third-order valence-corrected chi connectivity index (χ3v) is 5.84. The Hall–Kier alpha value is -2.43. The summed E-state index contributed by atoms with van der Waals surface area (Å²) in [6.45, 7) is 0. The minimum absolute atomic E-state index is 0.0527. The second-order valence-electron chi connectivity index (χ2n) is 6.17. The minimum atomic E-state index is -0.0527. The number of ketones is 1. The summed E-state index contributed by atoms with van der Waals surface area (Å²) in [7, 11) is 3.22. The molecule has 0 fully saturated rings. The first-order valence-corrected chi connectivity index (χ1v) is 10.1. The number of halogens is 1. The third-order valence-electron chi connectivity index (χ3n) is 4.34. The van der Waals surface area contributed by atoms with Crippen molar-refractivity contribution in [1.29, 1.82) is 0 Å². The molecule has 0 radical (unpaired) electrons. The standard InChI is InChI=1S/C23H21ClO3S/c1-26-21-13-12-19(14-22(21)27-2)28-23(17-8-10-18(24)11-9-17)15-20(25)16-6-4-3-5-7-16/h3-14,23H,15H2,1-2H3/t23-/m0/s1. The first kappa shape index (κ1) is 20.3. The summed E-state index contributed by atoms with van der Waals surface area (Å²) >= 11 is 7.67. The molecule has 0 aliphatic rings.